The topological polar surface area (TPSA) is 46.2 Å². The number of hydrogen-bond acceptors (Lipinski definition) is 4. The van der Waals surface area contributed by atoms with Crippen LogP contribution in [-0.2, 0) is 11.3 Å². The quantitative estimate of drug-likeness (QED) is 0.764. The molecule has 4 nitrogen and oxygen atoms in total. The normalized spacial score (nSPS) is 10.8. The van der Waals surface area contributed by atoms with Crippen LogP contribution in [0.3, 0.4) is 0 Å². The molecular formula is C14H19N3O. The molecule has 0 aliphatic carbocycles. The molecule has 18 heavy (non-hydrogen) atoms. The van der Waals surface area contributed by atoms with Crippen LogP contribution >= 0.6 is 0 Å². The van der Waals surface area contributed by atoms with Crippen LogP contribution in [0.15, 0.2) is 30.5 Å². The zero-order valence-corrected chi connectivity index (χ0v) is 10.9. The Kier molecular flexibility index (Phi) is 4.50. The minimum absolute atomic E-state index is 0.675. The van der Waals surface area contributed by atoms with Crippen LogP contribution in [0.5, 0.6) is 0 Å². The molecule has 0 fully saturated rings. The summed E-state index contributed by atoms with van der Waals surface area (Å²) in [6, 6.07) is 8.32. The van der Waals surface area contributed by atoms with Crippen molar-refractivity contribution in [2.75, 3.05) is 32.6 Å². The number of nitrogens with one attached hydrogen (secondary N) is 2. The molecule has 1 heterocycles. The minimum Gasteiger partial charge on any atom is -0.383 e. The summed E-state index contributed by atoms with van der Waals surface area (Å²) in [5, 5.41) is 8.86. The van der Waals surface area contributed by atoms with Gasteiger partial charge in [0.2, 0.25) is 0 Å². The number of rotatable bonds is 6. The van der Waals surface area contributed by atoms with Gasteiger partial charge in [-0.3, -0.25) is 0 Å². The fraction of sp³-hybridized carbons (Fsp3) is 0.357. The van der Waals surface area contributed by atoms with Crippen LogP contribution in [0.25, 0.3) is 10.8 Å². The van der Waals surface area contributed by atoms with Crippen molar-refractivity contribution in [1.29, 1.82) is 0 Å². The Morgan fingerprint density at radius 3 is 2.72 bits per heavy atom. The summed E-state index contributed by atoms with van der Waals surface area (Å²) >= 11 is 0. The first kappa shape index (κ1) is 12.8. The Balaban J connectivity index is 2.34. The average Bonchev–Trinajstić information content (AvgIpc) is 2.41. The third-order valence-electron chi connectivity index (χ3n) is 2.84. The lowest BCUT2D eigenvalue weighted by molar-refractivity contribution is 0.210. The molecule has 0 atom stereocenters. The summed E-state index contributed by atoms with van der Waals surface area (Å²) < 4.78 is 5.04. The molecule has 2 N–H and O–H groups in total. The third kappa shape index (κ3) is 2.78. The number of fused-ring (bicyclic) bond motifs is 1. The van der Waals surface area contributed by atoms with Gasteiger partial charge in [-0.05, 0) is 18.0 Å². The van der Waals surface area contributed by atoms with Gasteiger partial charge in [-0.1, -0.05) is 24.3 Å². The SMILES string of the molecule is CNCc1cnc(NCCOC)c2ccccc12. The van der Waals surface area contributed by atoms with Crippen LogP contribution < -0.4 is 10.6 Å². The highest BCUT2D eigenvalue weighted by Gasteiger charge is 2.05. The third-order valence-corrected chi connectivity index (χ3v) is 2.84. The highest BCUT2D eigenvalue weighted by atomic mass is 16.5. The smallest absolute Gasteiger partial charge is 0.133 e. The zero-order chi connectivity index (χ0) is 12.8. The van der Waals surface area contributed by atoms with E-state index in [9.17, 15) is 0 Å². The lowest BCUT2D eigenvalue weighted by Crippen LogP contribution is -2.11. The molecule has 2 aromatic rings. The van der Waals surface area contributed by atoms with Gasteiger partial charge >= 0.3 is 0 Å². The molecule has 0 amide bonds. The molecule has 1 aromatic carbocycles. The maximum atomic E-state index is 5.04. The number of anilines is 1. The van der Waals surface area contributed by atoms with Crippen LogP contribution in [0.2, 0.25) is 0 Å². The standard InChI is InChI=1S/C14H19N3O/c1-15-9-11-10-17-14(16-7-8-18-2)13-6-4-3-5-12(11)13/h3-6,10,15H,7-9H2,1-2H3,(H,16,17). The van der Waals surface area contributed by atoms with Crippen molar-refractivity contribution < 1.29 is 4.74 Å². The number of hydrogen-bond donors (Lipinski definition) is 2. The molecule has 0 saturated heterocycles. The van der Waals surface area contributed by atoms with E-state index in [2.05, 4.69) is 33.8 Å². The highest BCUT2D eigenvalue weighted by molar-refractivity contribution is 5.93. The predicted molar refractivity (Wildman–Crippen MR) is 74.9 cm³/mol. The Labute approximate surface area is 107 Å². The second-order valence-corrected chi connectivity index (χ2v) is 4.13. The fourth-order valence-electron chi connectivity index (χ4n) is 1.99. The van der Waals surface area contributed by atoms with E-state index in [-0.39, 0.29) is 0 Å². The monoisotopic (exact) mass is 245 g/mol. The van der Waals surface area contributed by atoms with E-state index >= 15 is 0 Å². The number of methoxy groups -OCH3 is 1. The van der Waals surface area contributed by atoms with Crippen LogP contribution in [-0.4, -0.2) is 32.3 Å². The molecule has 0 unspecified atom stereocenters. The van der Waals surface area contributed by atoms with E-state index in [1.807, 2.05) is 19.3 Å². The zero-order valence-electron chi connectivity index (χ0n) is 10.9. The van der Waals surface area contributed by atoms with E-state index in [1.165, 1.54) is 10.9 Å². The van der Waals surface area contributed by atoms with E-state index in [0.717, 1.165) is 24.3 Å². The molecular weight excluding hydrogens is 226 g/mol. The number of benzene rings is 1. The van der Waals surface area contributed by atoms with Gasteiger partial charge in [0.15, 0.2) is 0 Å². The van der Waals surface area contributed by atoms with Crippen LogP contribution in [0.1, 0.15) is 5.56 Å². The number of nitrogens with zero attached hydrogens (tertiary/aromatic N) is 1. The second-order valence-electron chi connectivity index (χ2n) is 4.13. The van der Waals surface area contributed by atoms with Gasteiger partial charge < -0.3 is 15.4 Å². The predicted octanol–water partition coefficient (Wildman–Crippen LogP) is 2.01. The van der Waals surface area contributed by atoms with Gasteiger partial charge in [0, 0.05) is 31.8 Å². The molecule has 0 bridgehead atoms. The van der Waals surface area contributed by atoms with Crippen molar-refractivity contribution in [1.82, 2.24) is 10.3 Å². The molecule has 0 radical (unpaired) electrons. The maximum Gasteiger partial charge on any atom is 0.133 e. The molecule has 1 aromatic heterocycles. The summed E-state index contributed by atoms with van der Waals surface area (Å²) in [7, 11) is 3.64. The van der Waals surface area contributed by atoms with Gasteiger partial charge in [0.1, 0.15) is 5.82 Å². The Hall–Kier alpha value is -1.65. The van der Waals surface area contributed by atoms with Gasteiger partial charge in [0.05, 0.1) is 6.61 Å². The minimum atomic E-state index is 0.675. The van der Waals surface area contributed by atoms with Crippen molar-refractivity contribution in [2.45, 2.75) is 6.54 Å². The van der Waals surface area contributed by atoms with Crippen molar-refractivity contribution >= 4 is 16.6 Å². The van der Waals surface area contributed by atoms with Crippen LogP contribution in [0, 0.1) is 0 Å². The fourth-order valence-corrected chi connectivity index (χ4v) is 1.99. The van der Waals surface area contributed by atoms with E-state index in [4.69, 9.17) is 4.74 Å². The summed E-state index contributed by atoms with van der Waals surface area (Å²) in [5.74, 6) is 0.919. The van der Waals surface area contributed by atoms with Crippen molar-refractivity contribution in [3.63, 3.8) is 0 Å². The maximum absolute atomic E-state index is 5.04. The summed E-state index contributed by atoms with van der Waals surface area (Å²) in [6.07, 6.45) is 1.92. The molecule has 96 valence electrons. The van der Waals surface area contributed by atoms with Crippen molar-refractivity contribution in [3.8, 4) is 0 Å². The number of ether oxygens (including phenoxy) is 1. The summed E-state index contributed by atoms with van der Waals surface area (Å²) in [5.41, 5.74) is 1.21. The number of pyridine rings is 1. The molecule has 4 heteroatoms. The second kappa shape index (κ2) is 6.33. The van der Waals surface area contributed by atoms with Crippen LogP contribution in [0.4, 0.5) is 5.82 Å². The van der Waals surface area contributed by atoms with Gasteiger partial charge in [-0.25, -0.2) is 4.98 Å². The first-order chi connectivity index (χ1) is 8.86. The molecule has 2 rings (SSSR count). The van der Waals surface area contributed by atoms with Gasteiger partial charge in [0.25, 0.3) is 0 Å². The first-order valence-corrected chi connectivity index (χ1v) is 6.11. The molecule has 0 aliphatic rings. The Morgan fingerprint density at radius 2 is 2.00 bits per heavy atom. The van der Waals surface area contributed by atoms with E-state index in [0.29, 0.717) is 6.61 Å². The van der Waals surface area contributed by atoms with Crippen molar-refractivity contribution in [2.24, 2.45) is 0 Å². The van der Waals surface area contributed by atoms with E-state index in [1.54, 1.807) is 7.11 Å². The van der Waals surface area contributed by atoms with E-state index < -0.39 is 0 Å². The molecule has 0 spiro atoms. The lowest BCUT2D eigenvalue weighted by Gasteiger charge is -2.11. The lowest BCUT2D eigenvalue weighted by atomic mass is 10.1. The van der Waals surface area contributed by atoms with Gasteiger partial charge in [-0.15, -0.1) is 0 Å². The summed E-state index contributed by atoms with van der Waals surface area (Å²) in [4.78, 5) is 4.49. The van der Waals surface area contributed by atoms with Gasteiger partial charge in [-0.2, -0.15) is 0 Å². The van der Waals surface area contributed by atoms with Crippen molar-refractivity contribution in [3.05, 3.63) is 36.0 Å². The largest absolute Gasteiger partial charge is 0.383 e. The Morgan fingerprint density at radius 1 is 1.22 bits per heavy atom. The Bertz CT molecular complexity index is 513. The molecule has 0 saturated carbocycles. The average molecular weight is 245 g/mol. The molecule has 0 aliphatic heterocycles. The number of aromatic nitrogens is 1. The highest BCUT2D eigenvalue weighted by Crippen LogP contribution is 2.24. The first-order valence-electron chi connectivity index (χ1n) is 6.11. The summed E-state index contributed by atoms with van der Waals surface area (Å²) in [6.45, 7) is 2.26.